The van der Waals surface area contributed by atoms with Gasteiger partial charge in [0.25, 0.3) is 0 Å². The topological polar surface area (TPSA) is 41.1 Å². The van der Waals surface area contributed by atoms with E-state index in [0.717, 1.165) is 4.47 Å². The van der Waals surface area contributed by atoms with Crippen molar-refractivity contribution in [2.45, 2.75) is 6.54 Å². The SMILES string of the molecule is O=C(CNCc1cc(Br)ccc1F)Nc1ccccc1Cl. The van der Waals surface area contributed by atoms with Gasteiger partial charge in [-0.3, -0.25) is 4.79 Å². The average molecular weight is 372 g/mol. The molecule has 0 fully saturated rings. The maximum atomic E-state index is 13.5. The van der Waals surface area contributed by atoms with Crippen LogP contribution in [0.25, 0.3) is 0 Å². The van der Waals surface area contributed by atoms with E-state index < -0.39 is 0 Å². The van der Waals surface area contributed by atoms with E-state index in [1.807, 2.05) is 0 Å². The fourth-order valence-electron chi connectivity index (χ4n) is 1.75. The first-order valence-corrected chi connectivity index (χ1v) is 7.42. The van der Waals surface area contributed by atoms with Crippen LogP contribution in [-0.2, 0) is 11.3 Å². The van der Waals surface area contributed by atoms with Gasteiger partial charge in [0.15, 0.2) is 0 Å². The van der Waals surface area contributed by atoms with Gasteiger partial charge in [-0.25, -0.2) is 4.39 Å². The number of anilines is 1. The van der Waals surface area contributed by atoms with Gasteiger partial charge in [0.2, 0.25) is 5.91 Å². The van der Waals surface area contributed by atoms with E-state index in [-0.39, 0.29) is 24.8 Å². The first-order chi connectivity index (χ1) is 10.1. The predicted molar refractivity (Wildman–Crippen MR) is 85.9 cm³/mol. The summed E-state index contributed by atoms with van der Waals surface area (Å²) in [6.07, 6.45) is 0. The highest BCUT2D eigenvalue weighted by Crippen LogP contribution is 2.20. The van der Waals surface area contributed by atoms with Crippen molar-refractivity contribution >= 4 is 39.1 Å². The zero-order chi connectivity index (χ0) is 15.2. The number of para-hydroxylation sites is 1. The Labute approximate surface area is 135 Å². The summed E-state index contributed by atoms with van der Waals surface area (Å²) in [6, 6.07) is 11.7. The smallest absolute Gasteiger partial charge is 0.238 e. The zero-order valence-corrected chi connectivity index (χ0v) is 13.3. The molecule has 0 bridgehead atoms. The summed E-state index contributed by atoms with van der Waals surface area (Å²) in [5.41, 5.74) is 1.05. The Bertz CT molecular complexity index is 651. The van der Waals surface area contributed by atoms with Crippen molar-refractivity contribution in [1.82, 2.24) is 5.32 Å². The van der Waals surface area contributed by atoms with Gasteiger partial charge in [-0.15, -0.1) is 0 Å². The standard InChI is InChI=1S/C15H13BrClFN2O/c16-11-5-6-13(18)10(7-11)8-19-9-15(21)20-14-4-2-1-3-12(14)17/h1-7,19H,8-9H2,(H,20,21). The molecule has 0 radical (unpaired) electrons. The first-order valence-electron chi connectivity index (χ1n) is 6.25. The normalized spacial score (nSPS) is 10.4. The number of carbonyl (C=O) groups excluding carboxylic acids is 1. The van der Waals surface area contributed by atoms with Gasteiger partial charge in [-0.2, -0.15) is 0 Å². The summed E-state index contributed by atoms with van der Waals surface area (Å²) < 4.78 is 14.3. The van der Waals surface area contributed by atoms with E-state index in [1.54, 1.807) is 36.4 Å². The summed E-state index contributed by atoms with van der Waals surface area (Å²) in [7, 11) is 0. The van der Waals surface area contributed by atoms with Crippen molar-refractivity contribution in [2.75, 3.05) is 11.9 Å². The second-order valence-electron chi connectivity index (χ2n) is 4.37. The summed E-state index contributed by atoms with van der Waals surface area (Å²) in [5.74, 6) is -0.546. The Morgan fingerprint density at radius 3 is 2.76 bits per heavy atom. The molecule has 1 amide bonds. The lowest BCUT2D eigenvalue weighted by Crippen LogP contribution is -2.28. The van der Waals surface area contributed by atoms with Gasteiger partial charge in [-0.1, -0.05) is 39.7 Å². The van der Waals surface area contributed by atoms with Crippen molar-refractivity contribution in [3.8, 4) is 0 Å². The molecule has 0 aliphatic carbocycles. The molecule has 0 spiro atoms. The van der Waals surface area contributed by atoms with Gasteiger partial charge in [0.1, 0.15) is 5.82 Å². The Kier molecular flexibility index (Phi) is 5.73. The molecule has 3 nitrogen and oxygen atoms in total. The van der Waals surface area contributed by atoms with E-state index in [0.29, 0.717) is 16.3 Å². The molecular formula is C15H13BrClFN2O. The largest absolute Gasteiger partial charge is 0.324 e. The van der Waals surface area contributed by atoms with Crippen LogP contribution >= 0.6 is 27.5 Å². The van der Waals surface area contributed by atoms with Gasteiger partial charge in [0.05, 0.1) is 17.3 Å². The maximum absolute atomic E-state index is 13.5. The van der Waals surface area contributed by atoms with Gasteiger partial charge in [0, 0.05) is 16.6 Å². The molecular weight excluding hydrogens is 359 g/mol. The van der Waals surface area contributed by atoms with Crippen molar-refractivity contribution in [3.05, 3.63) is 63.3 Å². The summed E-state index contributed by atoms with van der Waals surface area (Å²) in [5, 5.41) is 6.06. The number of benzene rings is 2. The molecule has 0 heterocycles. The minimum Gasteiger partial charge on any atom is -0.324 e. The molecule has 0 aromatic heterocycles. The number of amides is 1. The second kappa shape index (κ2) is 7.54. The Hall–Kier alpha value is -1.43. The van der Waals surface area contributed by atoms with Crippen LogP contribution in [0.1, 0.15) is 5.56 Å². The average Bonchev–Trinajstić information content (AvgIpc) is 2.45. The lowest BCUT2D eigenvalue weighted by atomic mass is 10.2. The minimum absolute atomic E-state index is 0.0666. The van der Waals surface area contributed by atoms with Gasteiger partial charge in [-0.05, 0) is 30.3 Å². The molecule has 2 aromatic carbocycles. The quantitative estimate of drug-likeness (QED) is 0.835. The van der Waals surface area contributed by atoms with Crippen molar-refractivity contribution in [1.29, 1.82) is 0 Å². The minimum atomic E-state index is -0.308. The highest BCUT2D eigenvalue weighted by Gasteiger charge is 2.06. The van der Waals surface area contributed by atoms with Crippen LogP contribution in [0.5, 0.6) is 0 Å². The molecule has 0 aliphatic heterocycles. The van der Waals surface area contributed by atoms with E-state index in [4.69, 9.17) is 11.6 Å². The fraction of sp³-hybridized carbons (Fsp3) is 0.133. The molecule has 2 aromatic rings. The van der Waals surface area contributed by atoms with E-state index in [2.05, 4.69) is 26.6 Å². The van der Waals surface area contributed by atoms with Crippen molar-refractivity contribution in [3.63, 3.8) is 0 Å². The Morgan fingerprint density at radius 2 is 2.00 bits per heavy atom. The molecule has 21 heavy (non-hydrogen) atoms. The molecule has 0 saturated carbocycles. The number of hydrogen-bond donors (Lipinski definition) is 2. The highest BCUT2D eigenvalue weighted by atomic mass is 79.9. The monoisotopic (exact) mass is 370 g/mol. The Balaban J connectivity index is 1.85. The van der Waals surface area contributed by atoms with E-state index in [9.17, 15) is 9.18 Å². The lowest BCUT2D eigenvalue weighted by Gasteiger charge is -2.09. The molecule has 110 valence electrons. The van der Waals surface area contributed by atoms with Gasteiger partial charge < -0.3 is 10.6 Å². The van der Waals surface area contributed by atoms with E-state index >= 15 is 0 Å². The van der Waals surface area contributed by atoms with Crippen LogP contribution in [0, 0.1) is 5.82 Å². The highest BCUT2D eigenvalue weighted by molar-refractivity contribution is 9.10. The van der Waals surface area contributed by atoms with Crippen LogP contribution in [0.15, 0.2) is 46.9 Å². The Morgan fingerprint density at radius 1 is 1.24 bits per heavy atom. The number of halogens is 3. The van der Waals surface area contributed by atoms with Crippen LogP contribution in [0.2, 0.25) is 5.02 Å². The first kappa shape index (κ1) is 15.9. The summed E-state index contributed by atoms with van der Waals surface area (Å²) >= 11 is 9.23. The zero-order valence-electron chi connectivity index (χ0n) is 11.0. The molecule has 2 rings (SSSR count). The summed E-state index contributed by atoms with van der Waals surface area (Å²) in [4.78, 5) is 11.8. The van der Waals surface area contributed by atoms with Crippen LogP contribution in [-0.4, -0.2) is 12.5 Å². The molecule has 0 aliphatic rings. The summed E-state index contributed by atoms with van der Waals surface area (Å²) in [6.45, 7) is 0.332. The molecule has 0 atom stereocenters. The maximum Gasteiger partial charge on any atom is 0.238 e. The molecule has 0 saturated heterocycles. The predicted octanol–water partition coefficient (Wildman–Crippen LogP) is 3.97. The van der Waals surface area contributed by atoms with Crippen LogP contribution < -0.4 is 10.6 Å². The fourth-order valence-corrected chi connectivity index (χ4v) is 2.34. The van der Waals surface area contributed by atoms with Crippen LogP contribution in [0.3, 0.4) is 0 Å². The number of rotatable bonds is 5. The molecule has 0 unspecified atom stereocenters. The molecule has 2 N–H and O–H groups in total. The third-order valence-electron chi connectivity index (χ3n) is 2.76. The number of hydrogen-bond acceptors (Lipinski definition) is 2. The van der Waals surface area contributed by atoms with Gasteiger partial charge >= 0.3 is 0 Å². The number of carbonyl (C=O) groups is 1. The third-order valence-corrected chi connectivity index (χ3v) is 3.58. The van der Waals surface area contributed by atoms with Crippen LogP contribution in [0.4, 0.5) is 10.1 Å². The van der Waals surface area contributed by atoms with Crippen molar-refractivity contribution < 1.29 is 9.18 Å². The third kappa shape index (κ3) is 4.81. The number of nitrogens with one attached hydrogen (secondary N) is 2. The molecule has 6 heteroatoms. The lowest BCUT2D eigenvalue weighted by molar-refractivity contribution is -0.115. The van der Waals surface area contributed by atoms with Crippen molar-refractivity contribution in [2.24, 2.45) is 0 Å². The second-order valence-corrected chi connectivity index (χ2v) is 5.69. The van der Waals surface area contributed by atoms with E-state index in [1.165, 1.54) is 6.07 Å².